The second kappa shape index (κ2) is 7.53. The lowest BCUT2D eigenvalue weighted by Crippen LogP contribution is -2.46. The predicted octanol–water partition coefficient (Wildman–Crippen LogP) is 1.99. The van der Waals surface area contributed by atoms with Crippen LogP contribution in [0.2, 0.25) is 0 Å². The molecule has 0 aromatic heterocycles. The molecule has 0 aromatic carbocycles. The van der Waals surface area contributed by atoms with Crippen molar-refractivity contribution >= 4 is 29.9 Å². The monoisotopic (exact) mass is 368 g/mol. The summed E-state index contributed by atoms with van der Waals surface area (Å²) < 4.78 is 0. The van der Waals surface area contributed by atoms with Gasteiger partial charge >= 0.3 is 0 Å². The summed E-state index contributed by atoms with van der Waals surface area (Å²) in [6.45, 7) is 9.50. The Hall–Kier alpha value is -0.0400. The number of guanidine groups is 1. The van der Waals surface area contributed by atoms with Crippen molar-refractivity contribution in [3.05, 3.63) is 0 Å². The van der Waals surface area contributed by atoms with E-state index in [-0.39, 0.29) is 29.5 Å². The molecule has 1 heterocycles. The van der Waals surface area contributed by atoms with E-state index in [0.29, 0.717) is 5.96 Å². The average Bonchev–Trinajstić information content (AvgIpc) is 2.25. The van der Waals surface area contributed by atoms with E-state index < -0.39 is 0 Å². The zero-order chi connectivity index (χ0) is 13.1. The van der Waals surface area contributed by atoms with Crippen molar-refractivity contribution in [2.24, 2.45) is 16.6 Å². The molecule has 1 aliphatic rings. The first-order chi connectivity index (χ1) is 7.83. The van der Waals surface area contributed by atoms with Gasteiger partial charge in [-0.1, -0.05) is 6.92 Å². The first-order valence-corrected chi connectivity index (χ1v) is 6.55. The van der Waals surface area contributed by atoms with Crippen molar-refractivity contribution in [3.8, 4) is 0 Å². The van der Waals surface area contributed by atoms with Crippen LogP contribution < -0.4 is 5.73 Å². The summed E-state index contributed by atoms with van der Waals surface area (Å²) in [6.07, 6.45) is 2.54. The summed E-state index contributed by atoms with van der Waals surface area (Å²) in [7, 11) is 4.16. The van der Waals surface area contributed by atoms with Crippen molar-refractivity contribution in [3.63, 3.8) is 0 Å². The number of halogens is 1. The maximum absolute atomic E-state index is 6.08. The van der Waals surface area contributed by atoms with E-state index >= 15 is 0 Å². The van der Waals surface area contributed by atoms with Crippen molar-refractivity contribution in [1.29, 1.82) is 0 Å². The fraction of sp³-hybridized carbons (Fsp3) is 0.923. The largest absolute Gasteiger partial charge is 0.370 e. The van der Waals surface area contributed by atoms with E-state index in [0.717, 1.165) is 25.6 Å². The van der Waals surface area contributed by atoms with Gasteiger partial charge in [-0.05, 0) is 46.7 Å². The number of hydrogen-bond acceptors (Lipinski definition) is 2. The molecule has 0 aliphatic carbocycles. The molecule has 1 saturated heterocycles. The Kier molecular flexibility index (Phi) is 7.51. The van der Waals surface area contributed by atoms with E-state index in [1.54, 1.807) is 0 Å². The highest BCUT2D eigenvalue weighted by Gasteiger charge is 2.22. The van der Waals surface area contributed by atoms with Gasteiger partial charge in [-0.15, -0.1) is 24.0 Å². The molecule has 0 aromatic rings. The molecule has 5 heteroatoms. The number of likely N-dealkylation sites (N-methyl/N-ethyl adjacent to an activating group) is 1. The average molecular weight is 368 g/mol. The number of rotatable bonds is 3. The lowest BCUT2D eigenvalue weighted by Gasteiger charge is -2.34. The topological polar surface area (TPSA) is 44.9 Å². The van der Waals surface area contributed by atoms with Crippen molar-refractivity contribution < 1.29 is 0 Å². The van der Waals surface area contributed by atoms with Crippen LogP contribution in [0, 0.1) is 5.92 Å². The third-order valence-electron chi connectivity index (χ3n) is 3.82. The van der Waals surface area contributed by atoms with Gasteiger partial charge in [0.25, 0.3) is 0 Å². The summed E-state index contributed by atoms with van der Waals surface area (Å²) in [6, 6.07) is 0. The van der Waals surface area contributed by atoms with Crippen LogP contribution in [-0.4, -0.2) is 55.0 Å². The maximum atomic E-state index is 6.08. The molecule has 2 N–H and O–H groups in total. The number of piperidine rings is 1. The molecule has 18 heavy (non-hydrogen) atoms. The number of nitrogens with zero attached hydrogens (tertiary/aromatic N) is 3. The van der Waals surface area contributed by atoms with Crippen LogP contribution >= 0.6 is 24.0 Å². The Morgan fingerprint density at radius 2 is 2.06 bits per heavy atom. The highest BCUT2D eigenvalue weighted by molar-refractivity contribution is 14.0. The third-order valence-corrected chi connectivity index (χ3v) is 3.82. The second-order valence-corrected chi connectivity index (χ2v) is 6.07. The summed E-state index contributed by atoms with van der Waals surface area (Å²) in [4.78, 5) is 8.96. The van der Waals surface area contributed by atoms with Crippen LogP contribution in [0.15, 0.2) is 4.99 Å². The third kappa shape index (κ3) is 5.30. The van der Waals surface area contributed by atoms with Crippen molar-refractivity contribution in [2.75, 3.05) is 33.7 Å². The van der Waals surface area contributed by atoms with Crippen LogP contribution in [0.5, 0.6) is 0 Å². The zero-order valence-electron chi connectivity index (χ0n) is 12.4. The lowest BCUT2D eigenvalue weighted by atomic mass is 10.0. The molecule has 4 nitrogen and oxygen atoms in total. The fourth-order valence-corrected chi connectivity index (χ4v) is 1.91. The molecule has 0 amide bonds. The van der Waals surface area contributed by atoms with Crippen molar-refractivity contribution in [1.82, 2.24) is 9.80 Å². The molecule has 0 spiro atoms. The molecule has 1 unspecified atom stereocenters. The van der Waals surface area contributed by atoms with Gasteiger partial charge in [0, 0.05) is 18.6 Å². The van der Waals surface area contributed by atoms with E-state index in [1.165, 1.54) is 12.8 Å². The van der Waals surface area contributed by atoms with Gasteiger partial charge in [-0.25, -0.2) is 0 Å². The number of hydrogen-bond donors (Lipinski definition) is 1. The molecule has 108 valence electrons. The van der Waals surface area contributed by atoms with Crippen LogP contribution in [0.4, 0.5) is 0 Å². The lowest BCUT2D eigenvalue weighted by molar-refractivity contribution is 0.203. The first-order valence-electron chi connectivity index (χ1n) is 6.55. The fourth-order valence-electron chi connectivity index (χ4n) is 1.91. The van der Waals surface area contributed by atoms with Gasteiger partial charge in [0.15, 0.2) is 5.96 Å². The second-order valence-electron chi connectivity index (χ2n) is 6.07. The van der Waals surface area contributed by atoms with Crippen molar-refractivity contribution in [2.45, 2.75) is 39.2 Å². The van der Waals surface area contributed by atoms with Gasteiger partial charge in [-0.3, -0.25) is 4.99 Å². The molecule has 0 bridgehead atoms. The summed E-state index contributed by atoms with van der Waals surface area (Å²) >= 11 is 0. The Bertz CT molecular complexity index is 276. The minimum absolute atomic E-state index is 0. The molecular formula is C13H29IN4. The molecule has 1 aliphatic heterocycles. The molecular weight excluding hydrogens is 339 g/mol. The first kappa shape index (κ1) is 18.0. The summed E-state index contributed by atoms with van der Waals surface area (Å²) in [5, 5.41) is 0. The Morgan fingerprint density at radius 1 is 1.44 bits per heavy atom. The molecule has 1 fully saturated rings. The summed E-state index contributed by atoms with van der Waals surface area (Å²) in [5.74, 6) is 1.45. The van der Waals surface area contributed by atoms with Crippen LogP contribution in [-0.2, 0) is 0 Å². The van der Waals surface area contributed by atoms with E-state index in [4.69, 9.17) is 5.73 Å². The molecule has 1 atom stereocenters. The van der Waals surface area contributed by atoms with Gasteiger partial charge in [0.2, 0.25) is 0 Å². The summed E-state index contributed by atoms with van der Waals surface area (Å²) in [5.41, 5.74) is 6.14. The number of likely N-dealkylation sites (tertiary alicyclic amines) is 1. The van der Waals surface area contributed by atoms with Gasteiger partial charge in [0.05, 0.1) is 6.54 Å². The minimum atomic E-state index is 0. The normalized spacial score (nSPS) is 22.0. The van der Waals surface area contributed by atoms with E-state index in [1.807, 2.05) is 0 Å². The maximum Gasteiger partial charge on any atom is 0.191 e. The minimum Gasteiger partial charge on any atom is -0.370 e. The van der Waals surface area contributed by atoms with Crippen LogP contribution in [0.3, 0.4) is 0 Å². The predicted molar refractivity (Wildman–Crippen MR) is 89.6 cm³/mol. The highest BCUT2D eigenvalue weighted by atomic mass is 127. The quantitative estimate of drug-likeness (QED) is 0.471. The highest BCUT2D eigenvalue weighted by Crippen LogP contribution is 2.15. The SMILES string of the molecule is CC1CCCN(C(N)=NCC(C)(C)N(C)C)C1.I. The Morgan fingerprint density at radius 3 is 2.56 bits per heavy atom. The van der Waals surface area contributed by atoms with E-state index in [9.17, 15) is 0 Å². The van der Waals surface area contributed by atoms with Gasteiger partial charge in [-0.2, -0.15) is 0 Å². The van der Waals surface area contributed by atoms with Gasteiger partial charge in [0.1, 0.15) is 0 Å². The van der Waals surface area contributed by atoms with E-state index in [2.05, 4.69) is 49.7 Å². The number of aliphatic imine (C=N–C) groups is 1. The molecule has 0 radical (unpaired) electrons. The van der Waals surface area contributed by atoms with Crippen LogP contribution in [0.1, 0.15) is 33.6 Å². The molecule has 1 rings (SSSR count). The zero-order valence-corrected chi connectivity index (χ0v) is 14.8. The smallest absolute Gasteiger partial charge is 0.191 e. The standard InChI is InChI=1S/C13H28N4.HI/c1-11-7-6-8-17(9-11)12(14)15-10-13(2,3)16(4)5;/h11H,6-10H2,1-5H3,(H2,14,15);1H. The number of nitrogens with two attached hydrogens (primary N) is 1. The molecule has 0 saturated carbocycles. The van der Waals surface area contributed by atoms with Crippen LogP contribution in [0.25, 0.3) is 0 Å². The Balaban J connectivity index is 0.00000289. The Labute approximate surface area is 129 Å². The van der Waals surface area contributed by atoms with Gasteiger partial charge < -0.3 is 15.5 Å².